The molecule has 1 saturated heterocycles. The van der Waals surface area contributed by atoms with Gasteiger partial charge in [0.05, 0.1) is 7.11 Å². The molecule has 1 heterocycles. The van der Waals surface area contributed by atoms with Crippen molar-refractivity contribution in [3.8, 4) is 11.5 Å². The Kier molecular flexibility index (Phi) is 4.63. The fraction of sp³-hybridized carbons (Fsp3) is 0.462. The molecule has 0 bridgehead atoms. The SMILES string of the molecule is COc1ccc(O[C@@H]2O[C@H](C(=O)O)[C@@H](O)[C@H](O)[C@H]2O)cc1. The maximum Gasteiger partial charge on any atom is 0.335 e. The minimum absolute atomic E-state index is 0.285. The molecule has 8 heteroatoms. The number of ether oxygens (including phenoxy) is 3. The molecule has 0 aliphatic carbocycles. The second-order valence-corrected chi connectivity index (χ2v) is 4.53. The van der Waals surface area contributed by atoms with Gasteiger partial charge in [0.2, 0.25) is 6.29 Å². The van der Waals surface area contributed by atoms with Crippen LogP contribution in [0.5, 0.6) is 11.5 Å². The molecule has 0 unspecified atom stereocenters. The van der Waals surface area contributed by atoms with Crippen LogP contribution >= 0.6 is 0 Å². The summed E-state index contributed by atoms with van der Waals surface area (Å²) in [6, 6.07) is 6.26. The first-order chi connectivity index (χ1) is 9.93. The quantitative estimate of drug-likeness (QED) is 0.556. The van der Waals surface area contributed by atoms with Crippen LogP contribution in [-0.4, -0.2) is 64.2 Å². The van der Waals surface area contributed by atoms with Crippen LogP contribution in [0.1, 0.15) is 0 Å². The summed E-state index contributed by atoms with van der Waals surface area (Å²) in [5.74, 6) is -0.587. The van der Waals surface area contributed by atoms with Crippen molar-refractivity contribution in [3.63, 3.8) is 0 Å². The van der Waals surface area contributed by atoms with Gasteiger partial charge in [0.25, 0.3) is 0 Å². The van der Waals surface area contributed by atoms with E-state index in [1.165, 1.54) is 19.2 Å². The molecular formula is C13H16O8. The van der Waals surface area contributed by atoms with Crippen molar-refractivity contribution in [3.05, 3.63) is 24.3 Å². The molecule has 1 aromatic carbocycles. The number of rotatable bonds is 4. The lowest BCUT2D eigenvalue weighted by atomic mass is 9.99. The van der Waals surface area contributed by atoms with E-state index in [0.29, 0.717) is 5.75 Å². The molecule has 116 valence electrons. The summed E-state index contributed by atoms with van der Waals surface area (Å²) in [5.41, 5.74) is 0. The number of aliphatic hydroxyl groups is 3. The number of carbonyl (C=O) groups is 1. The van der Waals surface area contributed by atoms with Gasteiger partial charge in [-0.3, -0.25) is 0 Å². The van der Waals surface area contributed by atoms with E-state index in [2.05, 4.69) is 0 Å². The van der Waals surface area contributed by atoms with E-state index in [1.807, 2.05) is 0 Å². The predicted molar refractivity (Wildman–Crippen MR) is 67.9 cm³/mol. The molecule has 1 aliphatic rings. The van der Waals surface area contributed by atoms with Gasteiger partial charge in [-0.2, -0.15) is 0 Å². The molecule has 4 N–H and O–H groups in total. The van der Waals surface area contributed by atoms with Crippen molar-refractivity contribution < 1.29 is 39.4 Å². The normalized spacial score (nSPS) is 32.5. The number of hydrogen-bond donors (Lipinski definition) is 4. The van der Waals surface area contributed by atoms with Crippen LogP contribution in [0, 0.1) is 0 Å². The lowest BCUT2D eigenvalue weighted by Crippen LogP contribution is -2.61. The van der Waals surface area contributed by atoms with E-state index in [-0.39, 0.29) is 5.75 Å². The van der Waals surface area contributed by atoms with E-state index in [1.54, 1.807) is 12.1 Å². The summed E-state index contributed by atoms with van der Waals surface area (Å²) < 4.78 is 15.3. The lowest BCUT2D eigenvalue weighted by Gasteiger charge is -2.38. The van der Waals surface area contributed by atoms with E-state index in [4.69, 9.17) is 19.3 Å². The molecule has 0 spiro atoms. The van der Waals surface area contributed by atoms with Gasteiger partial charge in [0.1, 0.15) is 29.8 Å². The molecule has 0 amide bonds. The molecule has 21 heavy (non-hydrogen) atoms. The van der Waals surface area contributed by atoms with Crippen LogP contribution in [0.3, 0.4) is 0 Å². The molecule has 1 aliphatic heterocycles. The number of aliphatic carboxylic acids is 1. The highest BCUT2D eigenvalue weighted by atomic mass is 16.7. The zero-order valence-electron chi connectivity index (χ0n) is 11.1. The standard InChI is InChI=1S/C13H16O8/c1-19-6-2-4-7(5-3-6)20-13-10(16)8(14)9(15)11(21-13)12(17)18/h2-5,8-11,13-16H,1H3,(H,17,18)/t8-,9-,10+,11-,13+/m0/s1. The Morgan fingerprint density at radius 3 is 2.14 bits per heavy atom. The number of benzene rings is 1. The summed E-state index contributed by atoms with van der Waals surface area (Å²) in [6.07, 6.45) is -8.13. The third kappa shape index (κ3) is 3.24. The number of aliphatic hydroxyl groups excluding tert-OH is 3. The summed E-state index contributed by atoms with van der Waals surface area (Å²) in [4.78, 5) is 10.9. The Balaban J connectivity index is 2.11. The highest BCUT2D eigenvalue weighted by Crippen LogP contribution is 2.25. The van der Waals surface area contributed by atoms with Crippen LogP contribution in [0.25, 0.3) is 0 Å². The average Bonchev–Trinajstić information content (AvgIpc) is 2.48. The van der Waals surface area contributed by atoms with Crippen molar-refractivity contribution in [2.24, 2.45) is 0 Å². The molecule has 5 atom stereocenters. The number of hydrogen-bond acceptors (Lipinski definition) is 7. The molecule has 0 radical (unpaired) electrons. The van der Waals surface area contributed by atoms with Crippen LogP contribution in [0.15, 0.2) is 24.3 Å². The maximum atomic E-state index is 10.9. The van der Waals surface area contributed by atoms with Gasteiger partial charge in [-0.15, -0.1) is 0 Å². The predicted octanol–water partition coefficient (Wildman–Crippen LogP) is -1.03. The Hall–Kier alpha value is -1.87. The maximum absolute atomic E-state index is 10.9. The van der Waals surface area contributed by atoms with Crippen LogP contribution in [0.2, 0.25) is 0 Å². The van der Waals surface area contributed by atoms with Crippen molar-refractivity contribution in [1.29, 1.82) is 0 Å². The third-order valence-electron chi connectivity index (χ3n) is 3.12. The van der Waals surface area contributed by atoms with Crippen molar-refractivity contribution in [2.45, 2.75) is 30.7 Å². The zero-order valence-corrected chi connectivity index (χ0v) is 11.1. The average molecular weight is 300 g/mol. The number of carboxylic acids is 1. The summed E-state index contributed by atoms with van der Waals surface area (Å²) in [6.45, 7) is 0. The van der Waals surface area contributed by atoms with E-state index in [0.717, 1.165) is 0 Å². The molecule has 0 saturated carbocycles. The topological polar surface area (TPSA) is 126 Å². The Bertz CT molecular complexity index is 487. The van der Waals surface area contributed by atoms with Crippen LogP contribution in [-0.2, 0) is 9.53 Å². The molecule has 2 rings (SSSR count). The zero-order chi connectivity index (χ0) is 15.6. The highest BCUT2D eigenvalue weighted by Gasteiger charge is 2.48. The molecule has 8 nitrogen and oxygen atoms in total. The van der Waals surface area contributed by atoms with Gasteiger partial charge >= 0.3 is 5.97 Å². The van der Waals surface area contributed by atoms with Gasteiger partial charge in [0.15, 0.2) is 6.10 Å². The van der Waals surface area contributed by atoms with Crippen LogP contribution < -0.4 is 9.47 Å². The Morgan fingerprint density at radius 1 is 1.05 bits per heavy atom. The second kappa shape index (κ2) is 6.27. The first-order valence-corrected chi connectivity index (χ1v) is 6.17. The van der Waals surface area contributed by atoms with Gasteiger partial charge in [-0.25, -0.2) is 4.79 Å². The summed E-state index contributed by atoms with van der Waals surface area (Å²) >= 11 is 0. The van der Waals surface area contributed by atoms with E-state index in [9.17, 15) is 20.1 Å². The minimum Gasteiger partial charge on any atom is -0.497 e. The van der Waals surface area contributed by atoms with E-state index < -0.39 is 36.7 Å². The summed E-state index contributed by atoms with van der Waals surface area (Å²) in [7, 11) is 1.50. The van der Waals surface area contributed by atoms with E-state index >= 15 is 0 Å². The smallest absolute Gasteiger partial charge is 0.335 e. The second-order valence-electron chi connectivity index (χ2n) is 4.53. The molecule has 1 aromatic rings. The Labute approximate surface area is 120 Å². The fourth-order valence-electron chi connectivity index (χ4n) is 1.94. The first kappa shape index (κ1) is 15.5. The first-order valence-electron chi connectivity index (χ1n) is 6.17. The molecular weight excluding hydrogens is 284 g/mol. The van der Waals surface area contributed by atoms with Crippen molar-refractivity contribution in [2.75, 3.05) is 7.11 Å². The fourth-order valence-corrected chi connectivity index (χ4v) is 1.94. The largest absolute Gasteiger partial charge is 0.497 e. The minimum atomic E-state index is -1.74. The van der Waals surface area contributed by atoms with Gasteiger partial charge in [-0.05, 0) is 24.3 Å². The van der Waals surface area contributed by atoms with Gasteiger partial charge < -0.3 is 34.6 Å². The van der Waals surface area contributed by atoms with Crippen LogP contribution in [0.4, 0.5) is 0 Å². The van der Waals surface area contributed by atoms with Gasteiger partial charge in [-0.1, -0.05) is 0 Å². The molecule has 1 fully saturated rings. The molecule has 0 aromatic heterocycles. The number of methoxy groups -OCH3 is 1. The highest BCUT2D eigenvalue weighted by molar-refractivity contribution is 5.73. The van der Waals surface area contributed by atoms with Crippen molar-refractivity contribution in [1.82, 2.24) is 0 Å². The summed E-state index contributed by atoms with van der Waals surface area (Å²) in [5, 5.41) is 37.9. The lowest BCUT2D eigenvalue weighted by molar-refractivity contribution is -0.271. The third-order valence-corrected chi connectivity index (χ3v) is 3.12. The number of carboxylic acid groups (broad SMARTS) is 1. The Morgan fingerprint density at radius 2 is 1.62 bits per heavy atom. The van der Waals surface area contributed by atoms with Gasteiger partial charge in [0, 0.05) is 0 Å². The van der Waals surface area contributed by atoms with Crippen molar-refractivity contribution >= 4 is 5.97 Å². The monoisotopic (exact) mass is 300 g/mol.